The van der Waals surface area contributed by atoms with E-state index in [1.165, 1.54) is 25.7 Å². The van der Waals surface area contributed by atoms with E-state index in [4.69, 9.17) is 9.84 Å². The van der Waals surface area contributed by atoms with Crippen molar-refractivity contribution in [2.45, 2.75) is 39.0 Å². The topological polar surface area (TPSA) is 27.1 Å². The van der Waals surface area contributed by atoms with Gasteiger partial charge in [0.05, 0.1) is 6.61 Å². The number of hydrogen-bond acceptors (Lipinski definition) is 2. The normalized spacial score (nSPS) is 10.8. The van der Waals surface area contributed by atoms with E-state index in [1.807, 2.05) is 36.0 Å². The molecule has 0 N–H and O–H groups in total. The van der Waals surface area contributed by atoms with Crippen LogP contribution in [0, 0.1) is 0 Å². The van der Waals surface area contributed by atoms with Crippen LogP contribution >= 0.6 is 0 Å². The molecule has 0 atom stereocenters. The fraction of sp³-hybridized carbons (Fsp3) is 0.348. The fourth-order valence-electron chi connectivity index (χ4n) is 3.22. The van der Waals surface area contributed by atoms with Crippen LogP contribution in [0.15, 0.2) is 60.7 Å². The van der Waals surface area contributed by atoms with Crippen LogP contribution in [0.25, 0.3) is 22.5 Å². The summed E-state index contributed by atoms with van der Waals surface area (Å²) in [5, 5.41) is 4.78. The second-order valence-corrected chi connectivity index (χ2v) is 6.64. The van der Waals surface area contributed by atoms with Gasteiger partial charge in [-0.05, 0) is 6.42 Å². The van der Waals surface area contributed by atoms with Crippen LogP contribution in [0.3, 0.4) is 0 Å². The number of unbranched alkanes of at least 4 members (excludes halogenated alkanes) is 4. The minimum absolute atomic E-state index is 0.731. The molecule has 1 heterocycles. The molecule has 1 aromatic heterocycles. The Balaban J connectivity index is 1.88. The van der Waals surface area contributed by atoms with Crippen LogP contribution in [0.2, 0.25) is 0 Å². The van der Waals surface area contributed by atoms with Gasteiger partial charge in [0.1, 0.15) is 11.4 Å². The fourth-order valence-corrected chi connectivity index (χ4v) is 3.22. The largest absolute Gasteiger partial charge is 0.489 e. The van der Waals surface area contributed by atoms with Crippen molar-refractivity contribution in [3.63, 3.8) is 0 Å². The van der Waals surface area contributed by atoms with Gasteiger partial charge in [0.2, 0.25) is 0 Å². The molecule has 0 unspecified atom stereocenters. The van der Waals surface area contributed by atoms with Gasteiger partial charge in [-0.3, -0.25) is 4.68 Å². The number of ether oxygens (including phenoxy) is 1. The van der Waals surface area contributed by atoms with Crippen LogP contribution in [0.5, 0.6) is 5.75 Å². The van der Waals surface area contributed by atoms with Gasteiger partial charge in [-0.2, -0.15) is 5.10 Å². The molecule has 0 saturated heterocycles. The summed E-state index contributed by atoms with van der Waals surface area (Å²) in [6.07, 6.45) is 6.15. The maximum Gasteiger partial charge on any atom is 0.173 e. The third kappa shape index (κ3) is 4.34. The van der Waals surface area contributed by atoms with Crippen molar-refractivity contribution >= 4 is 0 Å². The summed E-state index contributed by atoms with van der Waals surface area (Å²) in [4.78, 5) is 0. The quantitative estimate of drug-likeness (QED) is 0.437. The second kappa shape index (κ2) is 9.23. The first-order valence-corrected chi connectivity index (χ1v) is 9.62. The van der Waals surface area contributed by atoms with E-state index >= 15 is 0 Å². The summed E-state index contributed by atoms with van der Waals surface area (Å²) < 4.78 is 8.23. The first-order valence-electron chi connectivity index (χ1n) is 9.62. The summed E-state index contributed by atoms with van der Waals surface area (Å²) in [5.41, 5.74) is 4.18. The molecule has 136 valence electrons. The smallest absolute Gasteiger partial charge is 0.173 e. The van der Waals surface area contributed by atoms with Crippen LogP contribution < -0.4 is 4.74 Å². The summed E-state index contributed by atoms with van der Waals surface area (Å²) >= 11 is 0. The predicted molar refractivity (Wildman–Crippen MR) is 108 cm³/mol. The molecule has 0 radical (unpaired) electrons. The molecular formula is C23H28N2O. The lowest BCUT2D eigenvalue weighted by atomic mass is 10.1. The number of rotatable bonds is 9. The average Bonchev–Trinajstić information content (AvgIpc) is 3.02. The lowest BCUT2D eigenvalue weighted by molar-refractivity contribution is 0.306. The summed E-state index contributed by atoms with van der Waals surface area (Å²) in [6.45, 7) is 2.97. The Bertz CT molecular complexity index is 794. The Morgan fingerprint density at radius 1 is 0.808 bits per heavy atom. The number of hydrogen-bond donors (Lipinski definition) is 0. The number of aryl methyl sites for hydroxylation is 1. The molecule has 0 aliphatic carbocycles. The third-order valence-corrected chi connectivity index (χ3v) is 4.59. The van der Waals surface area contributed by atoms with Crippen LogP contribution in [0.4, 0.5) is 0 Å². The van der Waals surface area contributed by atoms with Crippen molar-refractivity contribution in [1.29, 1.82) is 0 Å². The van der Waals surface area contributed by atoms with Crippen molar-refractivity contribution in [1.82, 2.24) is 9.78 Å². The number of benzene rings is 2. The molecule has 3 nitrogen and oxygen atoms in total. The van der Waals surface area contributed by atoms with E-state index in [0.29, 0.717) is 0 Å². The number of nitrogens with zero attached hydrogens (tertiary/aromatic N) is 2. The molecule has 0 amide bonds. The Morgan fingerprint density at radius 2 is 1.42 bits per heavy atom. The highest BCUT2D eigenvalue weighted by Crippen LogP contribution is 2.38. The Hall–Kier alpha value is -2.55. The molecule has 0 aliphatic rings. The molecule has 0 aliphatic heterocycles. The van der Waals surface area contributed by atoms with Gasteiger partial charge in [-0.15, -0.1) is 0 Å². The molecule has 3 rings (SSSR count). The van der Waals surface area contributed by atoms with E-state index < -0.39 is 0 Å². The zero-order valence-corrected chi connectivity index (χ0v) is 15.8. The SMILES string of the molecule is CCCCCCCOc1c(-c2ccccc2)nn(C)c1-c1ccccc1. The van der Waals surface area contributed by atoms with Gasteiger partial charge in [0.25, 0.3) is 0 Å². The third-order valence-electron chi connectivity index (χ3n) is 4.59. The number of aromatic nitrogens is 2. The highest BCUT2D eigenvalue weighted by atomic mass is 16.5. The zero-order valence-electron chi connectivity index (χ0n) is 15.8. The van der Waals surface area contributed by atoms with E-state index in [0.717, 1.165) is 41.3 Å². The summed E-state index contributed by atoms with van der Waals surface area (Å²) in [6, 6.07) is 20.7. The van der Waals surface area contributed by atoms with Crippen molar-refractivity contribution in [3.05, 3.63) is 60.7 Å². The van der Waals surface area contributed by atoms with Crippen molar-refractivity contribution in [3.8, 4) is 28.3 Å². The molecule has 3 aromatic rings. The maximum absolute atomic E-state index is 6.29. The molecule has 0 fully saturated rings. The Morgan fingerprint density at radius 3 is 2.08 bits per heavy atom. The van der Waals surface area contributed by atoms with Gasteiger partial charge in [0, 0.05) is 18.2 Å². The van der Waals surface area contributed by atoms with Crippen molar-refractivity contribution in [2.75, 3.05) is 6.61 Å². The lowest BCUT2D eigenvalue weighted by Gasteiger charge is -2.10. The van der Waals surface area contributed by atoms with Gasteiger partial charge in [-0.1, -0.05) is 93.3 Å². The van der Waals surface area contributed by atoms with Gasteiger partial charge in [0.15, 0.2) is 5.75 Å². The predicted octanol–water partition coefficient (Wildman–Crippen LogP) is 6.10. The standard InChI is InChI=1S/C23H28N2O/c1-3-4-5-6-13-18-26-23-21(19-14-9-7-10-15-19)24-25(2)22(23)20-16-11-8-12-17-20/h7-12,14-17H,3-6,13,18H2,1-2H3. The highest BCUT2D eigenvalue weighted by molar-refractivity contribution is 5.78. The van der Waals surface area contributed by atoms with Crippen LogP contribution in [-0.2, 0) is 7.05 Å². The van der Waals surface area contributed by atoms with E-state index in [-0.39, 0.29) is 0 Å². The monoisotopic (exact) mass is 348 g/mol. The molecular weight excluding hydrogens is 320 g/mol. The molecule has 0 spiro atoms. The van der Waals surface area contributed by atoms with Crippen LogP contribution in [-0.4, -0.2) is 16.4 Å². The molecule has 0 bridgehead atoms. The first kappa shape index (κ1) is 18.2. The maximum atomic E-state index is 6.29. The van der Waals surface area contributed by atoms with E-state index in [2.05, 4.69) is 43.3 Å². The molecule has 26 heavy (non-hydrogen) atoms. The summed E-state index contributed by atoms with van der Waals surface area (Å²) in [5.74, 6) is 0.889. The minimum atomic E-state index is 0.731. The average molecular weight is 348 g/mol. The lowest BCUT2D eigenvalue weighted by Crippen LogP contribution is -2.00. The first-order chi connectivity index (χ1) is 12.8. The zero-order chi connectivity index (χ0) is 18.2. The Kier molecular flexibility index (Phi) is 6.48. The van der Waals surface area contributed by atoms with Crippen LogP contribution in [0.1, 0.15) is 39.0 Å². The van der Waals surface area contributed by atoms with E-state index in [1.54, 1.807) is 0 Å². The second-order valence-electron chi connectivity index (χ2n) is 6.64. The van der Waals surface area contributed by atoms with Gasteiger partial charge >= 0.3 is 0 Å². The van der Waals surface area contributed by atoms with Crippen molar-refractivity contribution < 1.29 is 4.74 Å². The van der Waals surface area contributed by atoms with Gasteiger partial charge < -0.3 is 4.74 Å². The minimum Gasteiger partial charge on any atom is -0.489 e. The van der Waals surface area contributed by atoms with Crippen molar-refractivity contribution in [2.24, 2.45) is 7.05 Å². The Labute approximate surface area is 156 Å². The molecule has 3 heteroatoms. The molecule has 0 saturated carbocycles. The summed E-state index contributed by atoms with van der Waals surface area (Å²) in [7, 11) is 1.99. The van der Waals surface area contributed by atoms with E-state index in [9.17, 15) is 0 Å². The molecule has 2 aromatic carbocycles. The highest BCUT2D eigenvalue weighted by Gasteiger charge is 2.20. The van der Waals surface area contributed by atoms with Gasteiger partial charge in [-0.25, -0.2) is 0 Å².